The number of nitrogens with zero attached hydrogens (tertiary/aromatic N) is 1. The van der Waals surface area contributed by atoms with Crippen molar-refractivity contribution in [2.45, 2.75) is 42.6 Å². The van der Waals surface area contributed by atoms with Gasteiger partial charge in [0, 0.05) is 12.7 Å². The lowest BCUT2D eigenvalue weighted by Gasteiger charge is -2.25. The molecule has 4 rings (SSSR count). The van der Waals surface area contributed by atoms with Gasteiger partial charge in [-0.25, -0.2) is 13.2 Å². The maximum Gasteiger partial charge on any atom is 0.335 e. The van der Waals surface area contributed by atoms with E-state index in [0.29, 0.717) is 18.8 Å². The number of carbonyl (C=O) groups is 1. The number of benzene rings is 2. The van der Waals surface area contributed by atoms with E-state index in [1.807, 2.05) is 6.07 Å². The molecule has 2 N–H and O–H groups in total. The molecule has 1 heterocycles. The summed E-state index contributed by atoms with van der Waals surface area (Å²) < 4.78 is 40.6. The highest BCUT2D eigenvalue weighted by molar-refractivity contribution is 7.92. The number of nitrogens with one attached hydrogen (secondary N) is 1. The van der Waals surface area contributed by atoms with E-state index in [1.54, 1.807) is 6.07 Å². The van der Waals surface area contributed by atoms with Crippen LogP contribution in [0.5, 0.6) is 5.75 Å². The van der Waals surface area contributed by atoms with Crippen LogP contribution < -0.4 is 9.46 Å². The number of ether oxygens (including phenoxy) is 2. The first-order valence-corrected chi connectivity index (χ1v) is 12.0. The summed E-state index contributed by atoms with van der Waals surface area (Å²) >= 11 is 6.16. The van der Waals surface area contributed by atoms with Gasteiger partial charge in [-0.1, -0.05) is 17.7 Å². The lowest BCUT2D eigenvalue weighted by atomic mass is 10.1. The van der Waals surface area contributed by atoms with Gasteiger partial charge in [0.2, 0.25) is 0 Å². The van der Waals surface area contributed by atoms with E-state index in [1.165, 1.54) is 18.2 Å². The Morgan fingerprint density at radius 1 is 1.25 bits per heavy atom. The Morgan fingerprint density at radius 2 is 2.03 bits per heavy atom. The lowest BCUT2D eigenvalue weighted by molar-refractivity contribution is 0.00776. The van der Waals surface area contributed by atoms with Gasteiger partial charge in [-0.3, -0.25) is 4.72 Å². The fourth-order valence-corrected chi connectivity index (χ4v) is 5.22. The summed E-state index contributed by atoms with van der Waals surface area (Å²) in [4.78, 5) is 11.3. The standard InChI is InChI=1S/C22H21ClN2O6S/c23-18-10-20(31-16-2-1-7-30-12-16)19(8-15(18)11-24)25-32(28,29)21-9-14(22(26)27)5-6-17(21)13-3-4-13/h5-6,8-10,13,16,25H,1-4,7,12H2,(H,26,27). The summed E-state index contributed by atoms with van der Waals surface area (Å²) in [6, 6.07) is 8.77. The van der Waals surface area contributed by atoms with Crippen LogP contribution in [-0.2, 0) is 14.8 Å². The molecular weight excluding hydrogens is 456 g/mol. The molecule has 168 valence electrons. The molecule has 0 amide bonds. The number of sulfonamides is 1. The fourth-order valence-electron chi connectivity index (χ4n) is 3.63. The average molecular weight is 477 g/mol. The van der Waals surface area contributed by atoms with E-state index in [-0.39, 0.29) is 44.5 Å². The van der Waals surface area contributed by atoms with Crippen LogP contribution in [0.25, 0.3) is 0 Å². The van der Waals surface area contributed by atoms with Gasteiger partial charge in [-0.2, -0.15) is 5.26 Å². The van der Waals surface area contributed by atoms with Crippen molar-refractivity contribution >= 4 is 33.3 Å². The molecule has 1 atom stereocenters. The molecule has 2 aromatic carbocycles. The van der Waals surface area contributed by atoms with E-state index in [2.05, 4.69) is 4.72 Å². The Hall–Kier alpha value is -2.80. The molecule has 0 spiro atoms. The summed E-state index contributed by atoms with van der Waals surface area (Å²) in [6.45, 7) is 0.994. The molecule has 1 aliphatic carbocycles. The van der Waals surface area contributed by atoms with Gasteiger partial charge in [0.15, 0.2) is 0 Å². The van der Waals surface area contributed by atoms with Crippen molar-refractivity contribution in [3.63, 3.8) is 0 Å². The first-order valence-electron chi connectivity index (χ1n) is 10.2. The maximum absolute atomic E-state index is 13.4. The van der Waals surface area contributed by atoms with E-state index >= 15 is 0 Å². The smallest absolute Gasteiger partial charge is 0.335 e. The average Bonchev–Trinajstić information content (AvgIpc) is 3.61. The van der Waals surface area contributed by atoms with Crippen molar-refractivity contribution in [3.8, 4) is 11.8 Å². The van der Waals surface area contributed by atoms with Crippen molar-refractivity contribution in [1.82, 2.24) is 0 Å². The van der Waals surface area contributed by atoms with Gasteiger partial charge < -0.3 is 14.6 Å². The normalized spacial score (nSPS) is 18.6. The minimum absolute atomic E-state index is 0.0546. The molecule has 32 heavy (non-hydrogen) atoms. The van der Waals surface area contributed by atoms with Crippen LogP contribution in [0.15, 0.2) is 35.2 Å². The van der Waals surface area contributed by atoms with E-state index in [0.717, 1.165) is 31.7 Å². The third-order valence-corrected chi connectivity index (χ3v) is 7.15. The predicted octanol–water partition coefficient (Wildman–Crippen LogP) is 4.15. The molecule has 2 aliphatic rings. The molecule has 0 radical (unpaired) electrons. The Balaban J connectivity index is 1.73. The Bertz CT molecular complexity index is 1200. The fraction of sp³-hybridized carbons (Fsp3) is 0.364. The number of carboxylic acid groups (broad SMARTS) is 1. The molecule has 0 aromatic heterocycles. The van der Waals surface area contributed by atoms with Crippen LogP contribution in [0.4, 0.5) is 5.69 Å². The number of rotatable bonds is 7. The zero-order valence-electron chi connectivity index (χ0n) is 17.0. The van der Waals surface area contributed by atoms with Crippen molar-refractivity contribution in [2.24, 2.45) is 0 Å². The second-order valence-electron chi connectivity index (χ2n) is 7.83. The van der Waals surface area contributed by atoms with Crippen LogP contribution in [0.3, 0.4) is 0 Å². The zero-order chi connectivity index (χ0) is 22.9. The van der Waals surface area contributed by atoms with Gasteiger partial charge in [0.1, 0.15) is 17.9 Å². The number of anilines is 1. The molecule has 2 aromatic rings. The molecular formula is C22H21ClN2O6S. The van der Waals surface area contributed by atoms with Crippen LogP contribution in [0, 0.1) is 11.3 Å². The maximum atomic E-state index is 13.4. The van der Waals surface area contributed by atoms with E-state index in [9.17, 15) is 23.6 Å². The topological polar surface area (TPSA) is 126 Å². The summed E-state index contributed by atoms with van der Waals surface area (Å²) in [5.41, 5.74) is 0.580. The number of hydrogen-bond donors (Lipinski definition) is 2. The van der Waals surface area contributed by atoms with Crippen LogP contribution >= 0.6 is 11.6 Å². The first kappa shape index (κ1) is 22.4. The number of nitriles is 1. The SMILES string of the molecule is N#Cc1cc(NS(=O)(=O)c2cc(C(=O)O)ccc2C2CC2)c(OC2CCCOC2)cc1Cl. The van der Waals surface area contributed by atoms with Crippen molar-refractivity contribution < 1.29 is 27.8 Å². The monoisotopic (exact) mass is 476 g/mol. The van der Waals surface area contributed by atoms with Crippen molar-refractivity contribution in [1.29, 1.82) is 5.26 Å². The number of halogens is 1. The van der Waals surface area contributed by atoms with Crippen LogP contribution in [-0.4, -0.2) is 38.8 Å². The molecule has 1 saturated carbocycles. The van der Waals surface area contributed by atoms with Gasteiger partial charge >= 0.3 is 5.97 Å². The zero-order valence-corrected chi connectivity index (χ0v) is 18.6. The highest BCUT2D eigenvalue weighted by Crippen LogP contribution is 2.44. The molecule has 10 heteroatoms. The number of carboxylic acids is 1. The Labute approximate surface area is 190 Å². The first-order chi connectivity index (χ1) is 15.3. The molecule has 2 fully saturated rings. The summed E-state index contributed by atoms with van der Waals surface area (Å²) in [6.07, 6.45) is 2.93. The van der Waals surface area contributed by atoms with Crippen LogP contribution in [0.1, 0.15) is 53.1 Å². The van der Waals surface area contributed by atoms with Gasteiger partial charge in [0.05, 0.1) is 33.3 Å². The highest BCUT2D eigenvalue weighted by Gasteiger charge is 2.32. The summed E-state index contributed by atoms with van der Waals surface area (Å²) in [7, 11) is -4.18. The number of hydrogen-bond acceptors (Lipinski definition) is 6. The molecule has 1 saturated heterocycles. The van der Waals surface area contributed by atoms with E-state index in [4.69, 9.17) is 21.1 Å². The molecule has 1 unspecified atom stereocenters. The summed E-state index contributed by atoms with van der Waals surface area (Å²) in [5, 5.41) is 18.8. The minimum Gasteiger partial charge on any atom is -0.486 e. The Kier molecular flexibility index (Phi) is 6.29. The van der Waals surface area contributed by atoms with Gasteiger partial charge in [-0.05, 0) is 55.4 Å². The minimum atomic E-state index is -4.18. The number of aromatic carboxylic acids is 1. The van der Waals surface area contributed by atoms with Crippen LogP contribution in [0.2, 0.25) is 5.02 Å². The Morgan fingerprint density at radius 3 is 2.66 bits per heavy atom. The largest absolute Gasteiger partial charge is 0.486 e. The lowest BCUT2D eigenvalue weighted by Crippen LogP contribution is -2.28. The van der Waals surface area contributed by atoms with Gasteiger partial charge in [-0.15, -0.1) is 0 Å². The summed E-state index contributed by atoms with van der Waals surface area (Å²) in [5.74, 6) is -0.974. The highest BCUT2D eigenvalue weighted by atomic mass is 35.5. The van der Waals surface area contributed by atoms with Gasteiger partial charge in [0.25, 0.3) is 10.0 Å². The van der Waals surface area contributed by atoms with E-state index < -0.39 is 16.0 Å². The molecule has 0 bridgehead atoms. The quantitative estimate of drug-likeness (QED) is 0.614. The third kappa shape index (κ3) is 4.83. The predicted molar refractivity (Wildman–Crippen MR) is 117 cm³/mol. The molecule has 1 aliphatic heterocycles. The second kappa shape index (κ2) is 8.98. The van der Waals surface area contributed by atoms with Crippen molar-refractivity contribution in [2.75, 3.05) is 17.9 Å². The van der Waals surface area contributed by atoms with Crippen molar-refractivity contribution in [3.05, 3.63) is 52.0 Å². The molecule has 8 nitrogen and oxygen atoms in total. The second-order valence-corrected chi connectivity index (χ2v) is 9.89. The third-order valence-electron chi connectivity index (χ3n) is 5.41.